The molecule has 1 aromatic heterocycles. The topological polar surface area (TPSA) is 141 Å². The van der Waals surface area contributed by atoms with E-state index in [9.17, 15) is 18.0 Å². The fourth-order valence-electron chi connectivity index (χ4n) is 3.35. The van der Waals surface area contributed by atoms with Crippen molar-refractivity contribution >= 4 is 27.5 Å². The lowest BCUT2D eigenvalue weighted by Crippen LogP contribution is -2.48. The first-order valence-electron chi connectivity index (χ1n) is 10.8. The van der Waals surface area contributed by atoms with Crippen LogP contribution in [0, 0.1) is 5.41 Å². The number of hydrogen-bond donors (Lipinski definition) is 2. The van der Waals surface area contributed by atoms with Crippen molar-refractivity contribution < 1.29 is 22.7 Å². The number of benzene rings is 1. The molecule has 0 saturated heterocycles. The van der Waals surface area contributed by atoms with E-state index in [2.05, 4.69) is 14.7 Å². The van der Waals surface area contributed by atoms with Crippen LogP contribution >= 0.6 is 0 Å². The third-order valence-corrected chi connectivity index (χ3v) is 6.39. The van der Waals surface area contributed by atoms with E-state index in [1.54, 1.807) is 44.2 Å². The number of carbonyl (C=O) groups excluding carboxylic acids is 2. The highest BCUT2D eigenvalue weighted by Crippen LogP contribution is 2.28. The Kier molecular flexibility index (Phi) is 6.84. The molecule has 1 aliphatic rings. The number of fused-ring (bicyclic) bond motifs is 1. The number of ketones is 1. The van der Waals surface area contributed by atoms with E-state index in [-0.39, 0.29) is 36.3 Å². The second kappa shape index (κ2) is 9.17. The van der Waals surface area contributed by atoms with Gasteiger partial charge in [0.2, 0.25) is 0 Å². The van der Waals surface area contributed by atoms with Crippen LogP contribution in [0.15, 0.2) is 40.9 Å². The summed E-state index contributed by atoms with van der Waals surface area (Å²) in [6.45, 7) is 9.22. The number of hydrogen-bond acceptors (Lipinski definition) is 7. The van der Waals surface area contributed by atoms with Gasteiger partial charge in [0.25, 0.3) is 15.9 Å². The number of nitrogens with one attached hydrogen (secondary N) is 1. The average molecular weight is 487 g/mol. The zero-order valence-electron chi connectivity index (χ0n) is 20.0. The molecule has 9 nitrogen and oxygen atoms in total. The minimum absolute atomic E-state index is 0.0353. The van der Waals surface area contributed by atoms with E-state index in [4.69, 9.17) is 10.5 Å². The summed E-state index contributed by atoms with van der Waals surface area (Å²) in [7, 11) is -3.65. The number of Topliss-reactive ketones (excluding diaryl/α,β-unsaturated/α-hetero) is 1. The van der Waals surface area contributed by atoms with E-state index in [1.165, 1.54) is 6.20 Å². The first kappa shape index (κ1) is 25.4. The SMILES string of the molecule is CC(C)(COc1cccc2c1C(N)=NS(=O)(=O)C2)NC(=O)c1ccnc(CC(=O)C(C)(C)C)c1. The number of amides is 1. The number of carbonyl (C=O) groups is 2. The Morgan fingerprint density at radius 1 is 1.15 bits per heavy atom. The molecule has 1 amide bonds. The Balaban J connectivity index is 1.70. The molecule has 0 radical (unpaired) electrons. The molecule has 0 fully saturated rings. The first-order chi connectivity index (χ1) is 15.7. The maximum Gasteiger partial charge on any atom is 0.259 e. The maximum absolute atomic E-state index is 12.9. The highest BCUT2D eigenvalue weighted by Gasteiger charge is 2.28. The molecule has 2 heterocycles. The van der Waals surface area contributed by atoms with Crippen molar-refractivity contribution in [1.29, 1.82) is 0 Å². The van der Waals surface area contributed by atoms with Gasteiger partial charge in [0, 0.05) is 29.3 Å². The van der Waals surface area contributed by atoms with Gasteiger partial charge in [0.15, 0.2) is 0 Å². The summed E-state index contributed by atoms with van der Waals surface area (Å²) in [5, 5.41) is 2.92. The highest BCUT2D eigenvalue weighted by molar-refractivity contribution is 7.89. The number of amidine groups is 1. The Hall–Kier alpha value is -3.27. The Morgan fingerprint density at radius 3 is 2.53 bits per heavy atom. The van der Waals surface area contributed by atoms with Crippen molar-refractivity contribution in [3.05, 3.63) is 58.9 Å². The van der Waals surface area contributed by atoms with Crippen LogP contribution < -0.4 is 15.8 Å². The number of nitrogens with zero attached hydrogens (tertiary/aromatic N) is 2. The van der Waals surface area contributed by atoms with Crippen molar-refractivity contribution in [1.82, 2.24) is 10.3 Å². The molecule has 2 aromatic rings. The largest absolute Gasteiger partial charge is 0.490 e. The molecule has 0 aliphatic carbocycles. The van der Waals surface area contributed by atoms with E-state index in [0.717, 1.165) is 0 Å². The summed E-state index contributed by atoms with van der Waals surface area (Å²) in [4.78, 5) is 29.4. The molecule has 182 valence electrons. The molecule has 1 aliphatic heterocycles. The minimum Gasteiger partial charge on any atom is -0.490 e. The standard InChI is InChI=1S/C24H30N4O5S/c1-23(2,3)19(29)12-17-11-15(9-10-26-17)22(30)27-24(4,5)14-33-18-8-6-7-16-13-34(31,32)28-21(25)20(16)18/h6-11H,12-14H2,1-5H3,(H2,25,28)(H,27,30). The van der Waals surface area contributed by atoms with E-state index >= 15 is 0 Å². The van der Waals surface area contributed by atoms with Gasteiger partial charge in [-0.25, -0.2) is 8.42 Å². The summed E-state index contributed by atoms with van der Waals surface area (Å²) in [6, 6.07) is 8.23. The summed E-state index contributed by atoms with van der Waals surface area (Å²) < 4.78 is 33.2. The van der Waals surface area contributed by atoms with Crippen LogP contribution in [0.2, 0.25) is 0 Å². The lowest BCUT2D eigenvalue weighted by molar-refractivity contribution is -0.125. The van der Waals surface area contributed by atoms with Gasteiger partial charge in [-0.05, 0) is 37.6 Å². The third kappa shape index (κ3) is 6.19. The zero-order valence-corrected chi connectivity index (χ0v) is 20.8. The van der Waals surface area contributed by atoms with Gasteiger partial charge in [0.1, 0.15) is 24.0 Å². The van der Waals surface area contributed by atoms with Crippen LogP contribution in [0.1, 0.15) is 61.8 Å². The summed E-state index contributed by atoms with van der Waals surface area (Å²) in [6.07, 6.45) is 1.66. The van der Waals surface area contributed by atoms with Crippen LogP contribution in [-0.2, 0) is 27.0 Å². The van der Waals surface area contributed by atoms with Crippen molar-refractivity contribution in [3.63, 3.8) is 0 Å². The number of sulfonamides is 1. The van der Waals surface area contributed by atoms with Crippen molar-refractivity contribution in [3.8, 4) is 5.75 Å². The zero-order chi connectivity index (χ0) is 25.3. The van der Waals surface area contributed by atoms with Crippen molar-refractivity contribution in [2.45, 2.75) is 52.3 Å². The smallest absolute Gasteiger partial charge is 0.259 e. The predicted octanol–water partition coefficient (Wildman–Crippen LogP) is 2.38. The second-order valence-electron chi connectivity index (χ2n) is 10.0. The van der Waals surface area contributed by atoms with Gasteiger partial charge in [-0.3, -0.25) is 14.6 Å². The van der Waals surface area contributed by atoms with Crippen LogP contribution in [-0.4, -0.2) is 43.1 Å². The molecule has 0 bridgehead atoms. The lowest BCUT2D eigenvalue weighted by Gasteiger charge is -2.27. The molecular formula is C24H30N4O5S. The molecular weight excluding hydrogens is 456 g/mol. The molecule has 3 rings (SSSR count). The van der Waals surface area contributed by atoms with Gasteiger partial charge in [-0.2, -0.15) is 0 Å². The number of ether oxygens (including phenoxy) is 1. The summed E-state index contributed by atoms with van der Waals surface area (Å²) >= 11 is 0. The normalized spacial score (nSPS) is 15.1. The molecule has 34 heavy (non-hydrogen) atoms. The monoisotopic (exact) mass is 486 g/mol. The van der Waals surface area contributed by atoms with Crippen LogP contribution in [0.25, 0.3) is 0 Å². The summed E-state index contributed by atoms with van der Waals surface area (Å²) in [5.74, 6) is -0.269. The first-order valence-corrected chi connectivity index (χ1v) is 12.4. The Bertz CT molecular complexity index is 1260. The van der Waals surface area contributed by atoms with Crippen LogP contribution in [0.3, 0.4) is 0 Å². The predicted molar refractivity (Wildman–Crippen MR) is 129 cm³/mol. The Labute approximate surface area is 199 Å². The molecule has 3 N–H and O–H groups in total. The molecule has 10 heteroatoms. The van der Waals surface area contributed by atoms with Gasteiger partial charge in [-0.1, -0.05) is 32.9 Å². The second-order valence-corrected chi connectivity index (χ2v) is 11.6. The van der Waals surface area contributed by atoms with E-state index in [1.807, 2.05) is 20.8 Å². The van der Waals surface area contributed by atoms with Gasteiger partial charge >= 0.3 is 0 Å². The number of nitrogens with two attached hydrogens (primary N) is 1. The number of rotatable bonds is 7. The van der Waals surface area contributed by atoms with Crippen molar-refractivity contribution in [2.24, 2.45) is 15.5 Å². The molecule has 0 atom stereocenters. The van der Waals surface area contributed by atoms with E-state index in [0.29, 0.717) is 28.1 Å². The molecule has 0 spiro atoms. The third-order valence-electron chi connectivity index (χ3n) is 5.24. The fraction of sp³-hybridized carbons (Fsp3) is 0.417. The van der Waals surface area contributed by atoms with Crippen molar-refractivity contribution in [2.75, 3.05) is 6.61 Å². The van der Waals surface area contributed by atoms with E-state index < -0.39 is 21.0 Å². The van der Waals surface area contributed by atoms with Gasteiger partial charge < -0.3 is 15.8 Å². The van der Waals surface area contributed by atoms with Gasteiger partial charge in [0.05, 0.1) is 16.9 Å². The average Bonchev–Trinajstić information content (AvgIpc) is 2.70. The van der Waals surface area contributed by atoms with Crippen LogP contribution in [0.4, 0.5) is 0 Å². The maximum atomic E-state index is 12.9. The number of aromatic nitrogens is 1. The lowest BCUT2D eigenvalue weighted by atomic mass is 9.88. The number of pyridine rings is 1. The fourth-order valence-corrected chi connectivity index (χ4v) is 4.44. The molecule has 0 saturated carbocycles. The molecule has 1 aromatic carbocycles. The quantitative estimate of drug-likeness (QED) is 0.612. The molecule has 0 unspecified atom stereocenters. The highest BCUT2D eigenvalue weighted by atomic mass is 32.2. The van der Waals surface area contributed by atoms with Crippen LogP contribution in [0.5, 0.6) is 5.75 Å². The Morgan fingerprint density at radius 2 is 1.85 bits per heavy atom. The summed E-state index contributed by atoms with van der Waals surface area (Å²) in [5.41, 5.74) is 6.49. The van der Waals surface area contributed by atoms with Gasteiger partial charge in [-0.15, -0.1) is 4.40 Å². The minimum atomic E-state index is -3.65.